The number of hydrogen-bond donors (Lipinski definition) is 1. The van der Waals surface area contributed by atoms with Crippen LogP contribution in [-0.4, -0.2) is 20.5 Å². The molecule has 0 spiro atoms. The quantitative estimate of drug-likeness (QED) is 0.601. The van der Waals surface area contributed by atoms with Crippen LogP contribution in [0.25, 0.3) is 5.65 Å². The van der Waals surface area contributed by atoms with Crippen molar-refractivity contribution in [2.75, 3.05) is 5.32 Å². The first-order valence-electron chi connectivity index (χ1n) is 8.17. The Balaban J connectivity index is 1.55. The molecule has 0 fully saturated rings. The van der Waals surface area contributed by atoms with E-state index in [0.29, 0.717) is 29.5 Å². The minimum Gasteiger partial charge on any atom is -0.472 e. The maximum absolute atomic E-state index is 12.5. The number of aromatic nitrogens is 3. The molecule has 0 bridgehead atoms. The highest BCUT2D eigenvalue weighted by Crippen LogP contribution is 2.14. The van der Waals surface area contributed by atoms with E-state index in [-0.39, 0.29) is 5.91 Å². The van der Waals surface area contributed by atoms with Gasteiger partial charge in [0.2, 0.25) is 5.88 Å². The zero-order valence-corrected chi connectivity index (χ0v) is 13.9. The zero-order valence-electron chi connectivity index (χ0n) is 13.9. The lowest BCUT2D eigenvalue weighted by Crippen LogP contribution is -2.15. The van der Waals surface area contributed by atoms with Gasteiger partial charge in [-0.1, -0.05) is 48.5 Å². The van der Waals surface area contributed by atoms with E-state index in [4.69, 9.17) is 4.74 Å². The second-order valence-electron chi connectivity index (χ2n) is 5.68. The molecule has 1 amide bonds. The summed E-state index contributed by atoms with van der Waals surface area (Å²) in [6.07, 6.45) is 1.50. The molecule has 0 aliphatic rings. The Morgan fingerprint density at radius 2 is 1.69 bits per heavy atom. The van der Waals surface area contributed by atoms with Gasteiger partial charge in [-0.15, -0.1) is 5.10 Å². The van der Waals surface area contributed by atoms with E-state index in [0.717, 1.165) is 5.56 Å². The molecule has 2 aromatic heterocycles. The third-order valence-electron chi connectivity index (χ3n) is 3.83. The van der Waals surface area contributed by atoms with Crippen molar-refractivity contribution in [3.63, 3.8) is 0 Å². The molecule has 0 aliphatic heterocycles. The fourth-order valence-corrected chi connectivity index (χ4v) is 2.54. The third kappa shape index (κ3) is 3.39. The van der Waals surface area contributed by atoms with Crippen LogP contribution in [0.2, 0.25) is 0 Å². The molecule has 6 nitrogen and oxygen atoms in total. The molecule has 0 saturated heterocycles. The van der Waals surface area contributed by atoms with Crippen molar-refractivity contribution in [1.29, 1.82) is 0 Å². The van der Waals surface area contributed by atoms with Crippen LogP contribution >= 0.6 is 0 Å². The van der Waals surface area contributed by atoms with Crippen molar-refractivity contribution >= 4 is 17.2 Å². The van der Waals surface area contributed by atoms with Crippen LogP contribution in [0.4, 0.5) is 5.69 Å². The summed E-state index contributed by atoms with van der Waals surface area (Å²) < 4.78 is 7.22. The van der Waals surface area contributed by atoms with Crippen LogP contribution in [0, 0.1) is 0 Å². The first-order chi connectivity index (χ1) is 12.8. The Morgan fingerprint density at radius 3 is 2.46 bits per heavy atom. The predicted octanol–water partition coefficient (Wildman–Crippen LogP) is 3.56. The number of imidazole rings is 1. The molecule has 0 saturated carbocycles. The number of amides is 1. The summed E-state index contributed by atoms with van der Waals surface area (Å²) in [5.41, 5.74) is 2.68. The molecule has 0 radical (unpaired) electrons. The third-order valence-corrected chi connectivity index (χ3v) is 3.83. The molecule has 2 aromatic carbocycles. The molecule has 1 N–H and O–H groups in total. The molecule has 4 aromatic rings. The van der Waals surface area contributed by atoms with Gasteiger partial charge in [-0.25, -0.2) is 9.50 Å². The molecule has 0 unspecified atom stereocenters. The average Bonchev–Trinajstić information content (AvgIpc) is 3.11. The van der Waals surface area contributed by atoms with Crippen LogP contribution < -0.4 is 10.1 Å². The summed E-state index contributed by atoms with van der Waals surface area (Å²) in [6, 6.07) is 22.6. The van der Waals surface area contributed by atoms with E-state index in [1.54, 1.807) is 12.1 Å². The summed E-state index contributed by atoms with van der Waals surface area (Å²) in [5, 5.41) is 7.22. The van der Waals surface area contributed by atoms with E-state index in [1.807, 2.05) is 60.7 Å². The molecule has 128 valence electrons. The Bertz CT molecular complexity index is 1030. The van der Waals surface area contributed by atoms with E-state index in [1.165, 1.54) is 10.7 Å². The van der Waals surface area contributed by atoms with Gasteiger partial charge < -0.3 is 10.1 Å². The van der Waals surface area contributed by atoms with Crippen molar-refractivity contribution < 1.29 is 9.53 Å². The van der Waals surface area contributed by atoms with E-state index in [2.05, 4.69) is 15.4 Å². The van der Waals surface area contributed by atoms with Gasteiger partial charge in [0.1, 0.15) is 6.61 Å². The van der Waals surface area contributed by atoms with Crippen molar-refractivity contribution in [3.8, 4) is 5.88 Å². The van der Waals surface area contributed by atoms with Gasteiger partial charge in [0.25, 0.3) is 5.91 Å². The van der Waals surface area contributed by atoms with Gasteiger partial charge >= 0.3 is 0 Å². The summed E-state index contributed by atoms with van der Waals surface area (Å²) in [4.78, 5) is 16.8. The Morgan fingerprint density at radius 1 is 0.962 bits per heavy atom. The number of nitrogens with one attached hydrogen (secondary N) is 1. The van der Waals surface area contributed by atoms with Gasteiger partial charge in [0, 0.05) is 11.8 Å². The lowest BCUT2D eigenvalue weighted by atomic mass is 10.2. The molecule has 6 heteroatoms. The van der Waals surface area contributed by atoms with Crippen LogP contribution in [0.5, 0.6) is 5.88 Å². The van der Waals surface area contributed by atoms with E-state index < -0.39 is 0 Å². The Hall–Kier alpha value is -3.67. The minimum atomic E-state index is -0.281. The van der Waals surface area contributed by atoms with Gasteiger partial charge in [0.05, 0.1) is 6.20 Å². The van der Waals surface area contributed by atoms with Crippen molar-refractivity contribution in [2.24, 2.45) is 0 Å². The number of carbonyl (C=O) groups is 1. The summed E-state index contributed by atoms with van der Waals surface area (Å²) in [5.74, 6) is 0.143. The number of ether oxygens (including phenoxy) is 1. The molecule has 0 atom stereocenters. The number of carbonyl (C=O) groups excluding carboxylic acids is 1. The van der Waals surface area contributed by atoms with Gasteiger partial charge in [-0.2, -0.15) is 0 Å². The average molecular weight is 344 g/mol. The SMILES string of the molecule is O=C(Nc1ccccc1)c1cnc2ccc(OCc3ccccc3)nn12. The molecule has 0 aliphatic carbocycles. The van der Waals surface area contributed by atoms with Gasteiger partial charge in [0.15, 0.2) is 11.3 Å². The number of rotatable bonds is 5. The molecule has 26 heavy (non-hydrogen) atoms. The lowest BCUT2D eigenvalue weighted by molar-refractivity contribution is 0.102. The highest BCUT2D eigenvalue weighted by Gasteiger charge is 2.14. The first-order valence-corrected chi connectivity index (χ1v) is 8.17. The van der Waals surface area contributed by atoms with Crippen LogP contribution in [0.1, 0.15) is 16.1 Å². The van der Waals surface area contributed by atoms with Crippen LogP contribution in [0.15, 0.2) is 79.0 Å². The standard InChI is InChI=1S/C20H16N4O2/c25-20(22-16-9-5-2-6-10-16)17-13-21-18-11-12-19(23-24(17)18)26-14-15-7-3-1-4-8-15/h1-13H,14H2,(H,22,25). The molecule has 2 heterocycles. The second-order valence-corrected chi connectivity index (χ2v) is 5.68. The summed E-state index contributed by atoms with van der Waals surface area (Å²) >= 11 is 0. The first kappa shape index (κ1) is 15.8. The summed E-state index contributed by atoms with van der Waals surface area (Å²) in [7, 11) is 0. The molecular formula is C20H16N4O2. The smallest absolute Gasteiger partial charge is 0.276 e. The molecular weight excluding hydrogens is 328 g/mol. The van der Waals surface area contributed by atoms with Crippen molar-refractivity contribution in [3.05, 3.63) is 90.3 Å². The number of para-hydroxylation sites is 1. The topological polar surface area (TPSA) is 68.5 Å². The van der Waals surface area contributed by atoms with E-state index in [9.17, 15) is 4.79 Å². The van der Waals surface area contributed by atoms with Crippen molar-refractivity contribution in [2.45, 2.75) is 6.61 Å². The predicted molar refractivity (Wildman–Crippen MR) is 98.2 cm³/mol. The maximum atomic E-state index is 12.5. The number of benzene rings is 2. The second kappa shape index (κ2) is 7.06. The fraction of sp³-hybridized carbons (Fsp3) is 0.0500. The number of anilines is 1. The normalized spacial score (nSPS) is 10.6. The fourth-order valence-electron chi connectivity index (χ4n) is 2.54. The lowest BCUT2D eigenvalue weighted by Gasteiger charge is -2.07. The Labute approximate surface area is 150 Å². The van der Waals surface area contributed by atoms with E-state index >= 15 is 0 Å². The highest BCUT2D eigenvalue weighted by molar-refractivity contribution is 6.03. The van der Waals surface area contributed by atoms with Crippen molar-refractivity contribution in [1.82, 2.24) is 14.6 Å². The van der Waals surface area contributed by atoms with Crippen LogP contribution in [0.3, 0.4) is 0 Å². The number of nitrogens with zero attached hydrogens (tertiary/aromatic N) is 3. The van der Waals surface area contributed by atoms with Gasteiger partial charge in [-0.05, 0) is 23.8 Å². The monoisotopic (exact) mass is 344 g/mol. The Kier molecular flexibility index (Phi) is 4.30. The highest BCUT2D eigenvalue weighted by atomic mass is 16.5. The molecule has 4 rings (SSSR count). The zero-order chi connectivity index (χ0) is 17.8. The number of hydrogen-bond acceptors (Lipinski definition) is 4. The minimum absolute atomic E-state index is 0.281. The summed E-state index contributed by atoms with van der Waals surface area (Å²) in [6.45, 7) is 0.402. The number of fused-ring (bicyclic) bond motifs is 1. The van der Waals surface area contributed by atoms with Gasteiger partial charge in [-0.3, -0.25) is 4.79 Å². The largest absolute Gasteiger partial charge is 0.472 e. The maximum Gasteiger partial charge on any atom is 0.276 e. The van der Waals surface area contributed by atoms with Crippen LogP contribution in [-0.2, 0) is 6.61 Å².